The minimum atomic E-state index is -0.172. The molecule has 21 saturated carbocycles. The zero-order valence-electron chi connectivity index (χ0n) is 81.1. The van der Waals surface area contributed by atoms with Crippen molar-refractivity contribution in [2.24, 2.45) is 234 Å². The summed E-state index contributed by atoms with van der Waals surface area (Å²) in [6.45, 7) is 21.4. The molecule has 0 bridgehead atoms. The van der Waals surface area contributed by atoms with Crippen molar-refractivity contribution in [1.29, 1.82) is 0 Å². The van der Waals surface area contributed by atoms with E-state index in [0.717, 1.165) is 234 Å². The molecule has 0 aromatic rings. The number of carbonyl (C=O) groups is 10. The van der Waals surface area contributed by atoms with Gasteiger partial charge in [-0.15, -0.1) is 6.58 Å². The number of rotatable bonds is 3. The van der Waals surface area contributed by atoms with Crippen molar-refractivity contribution < 1.29 is 71.6 Å². The molecule has 0 aromatic carbocycles. The maximum Gasteiger partial charge on any atom is 0.306 e. The van der Waals surface area contributed by atoms with Crippen molar-refractivity contribution in [2.75, 3.05) is 0 Å². The van der Waals surface area contributed by atoms with Crippen LogP contribution in [0, 0.1) is 234 Å². The fourth-order valence-corrected chi connectivity index (χ4v) is 45.1. The average molecular weight is 1810 g/mol. The third-order valence-corrected chi connectivity index (χ3v) is 49.8. The summed E-state index contributed by atoms with van der Waals surface area (Å²) in [5.74, 6) is 27.1. The van der Waals surface area contributed by atoms with Crippen LogP contribution in [0.5, 0.6) is 0 Å². The number of hydrogen-bond donors (Lipinski definition) is 0. The molecule has 133 heavy (non-hydrogen) atoms. The van der Waals surface area contributed by atoms with Crippen LogP contribution in [0.25, 0.3) is 0 Å². The van der Waals surface area contributed by atoms with Crippen molar-refractivity contribution in [3.8, 4) is 0 Å². The second-order valence-corrected chi connectivity index (χ2v) is 53.6. The molecular formula is C118H152O15. The predicted octanol–water partition coefficient (Wildman–Crippen LogP) is 22.2. The highest BCUT2D eigenvalue weighted by molar-refractivity contribution is 5.94. The maximum atomic E-state index is 12.2. The molecule has 44 atom stereocenters. The fourth-order valence-electron chi connectivity index (χ4n) is 45.1. The molecule has 0 radical (unpaired) electrons. The Morgan fingerprint density at radius 3 is 0.977 bits per heavy atom. The highest BCUT2D eigenvalue weighted by Gasteiger charge is 2.85. The Labute approximate surface area is 789 Å². The molecule has 15 nitrogen and oxygen atoms in total. The number of ether oxygens (including phenoxy) is 5. The van der Waals surface area contributed by atoms with Crippen LogP contribution in [-0.2, 0) is 71.6 Å². The van der Waals surface area contributed by atoms with Gasteiger partial charge in [-0.3, -0.25) is 47.9 Å². The highest BCUT2D eigenvalue weighted by atomic mass is 16.6. The number of esters is 5. The summed E-state index contributed by atoms with van der Waals surface area (Å²) < 4.78 is 31.0. The van der Waals surface area contributed by atoms with Crippen LogP contribution >= 0.6 is 0 Å². The number of carbonyl (C=O) groups excluding carboxylic acids is 10. The van der Waals surface area contributed by atoms with Gasteiger partial charge in [0.25, 0.3) is 0 Å². The standard InChI is InChI=1S/C25H32O3.C24H32O3.C24H30O3.C23H30O3.C22H28O3/c1-24-8-6-17-16-5-4-15(26)10-14(16)11-18(13-2-3-13)22(17)23(24)19-12-20(19)25(24)9-7-21(27)28-25;2*1-3-13-10-14-11-15(25)4-5-16(14)17-6-8-23(2)22(21(13)17)18-12-19(18)24(23)9-7-20(26)27-24;1-12-9-13-10-14(24)3-4-15(13)16-5-7-22(2)21(20(12)16)17-11-18(17)23(22)8-6-19(25)26-23;1-21-8-6-15-14-5-3-13(23)10-12(14)2-4-16(15)20(21)17-11-18(17)22(21)9-7-19(24)25-22/h10,13,16-20,22-23H,2-9,11-12H2,1H3;11,13,16-19,21-22H,3-10,12H2,1-2H3;3,11,13,16-19,21-22H,1,4-10,12H2,2H3;10,12,15-18,20-21H,3-9,11H2,1-2H3;10,14-18,20H,2-9,11H2,1H3/t16-,17?,18?,19?,20?,22?,23?,24-,25-;2*13?,16-,17?,18?,19?,21?,22?,23-,24-;12?,15-,16?,17?,18?,20?,21?,22-,23-;14-,15?,16?,17?,18?,20?,21-,22-/m00000/s1. The molecule has 714 valence electrons. The Hall–Kier alpha value is -5.86. The van der Waals surface area contributed by atoms with Crippen molar-refractivity contribution >= 4 is 58.8 Å². The molecule has 0 amide bonds. The van der Waals surface area contributed by atoms with Crippen LogP contribution in [-0.4, -0.2) is 86.8 Å². The van der Waals surface area contributed by atoms with E-state index in [1.807, 2.05) is 24.3 Å². The Kier molecular flexibility index (Phi) is 19.1. The van der Waals surface area contributed by atoms with Crippen LogP contribution in [0.3, 0.4) is 0 Å². The first-order valence-corrected chi connectivity index (χ1v) is 55.8. The van der Waals surface area contributed by atoms with Crippen LogP contribution in [0.1, 0.15) is 331 Å². The lowest BCUT2D eigenvalue weighted by Gasteiger charge is -2.59. The number of ketones is 5. The van der Waals surface area contributed by atoms with Gasteiger partial charge in [0, 0.05) is 121 Å². The van der Waals surface area contributed by atoms with E-state index in [1.165, 1.54) is 156 Å². The van der Waals surface area contributed by atoms with Crippen LogP contribution in [0.4, 0.5) is 0 Å². The van der Waals surface area contributed by atoms with E-state index in [2.05, 4.69) is 67.2 Å². The first-order chi connectivity index (χ1) is 64.0. The lowest BCUT2D eigenvalue weighted by molar-refractivity contribution is -0.178. The summed E-state index contributed by atoms with van der Waals surface area (Å²) in [5.41, 5.74) is 7.57. The van der Waals surface area contributed by atoms with Gasteiger partial charge in [-0.05, 0) is 420 Å². The minimum absolute atomic E-state index is 0.0320. The van der Waals surface area contributed by atoms with Crippen LogP contribution < -0.4 is 0 Å². The Morgan fingerprint density at radius 2 is 0.602 bits per heavy atom. The maximum absolute atomic E-state index is 12.2. The van der Waals surface area contributed by atoms with E-state index < -0.39 is 0 Å². The molecule has 29 unspecified atom stereocenters. The summed E-state index contributed by atoms with van der Waals surface area (Å²) in [5, 5.41) is 0. The number of allylic oxidation sites excluding steroid dienone is 6. The minimum Gasteiger partial charge on any atom is -0.458 e. The molecule has 0 N–H and O–H groups in total. The molecule has 15 heteroatoms. The summed E-state index contributed by atoms with van der Waals surface area (Å²) in [4.78, 5) is 121. The molecule has 0 aromatic heterocycles. The molecule has 5 heterocycles. The molecule has 31 rings (SSSR count). The van der Waals surface area contributed by atoms with Gasteiger partial charge in [0.15, 0.2) is 28.9 Å². The van der Waals surface area contributed by atoms with Gasteiger partial charge in [-0.25, -0.2) is 0 Å². The van der Waals surface area contributed by atoms with E-state index >= 15 is 0 Å². The summed E-state index contributed by atoms with van der Waals surface area (Å²) >= 11 is 0. The quantitative estimate of drug-likeness (QED) is 0.146. The van der Waals surface area contributed by atoms with Crippen LogP contribution in [0.15, 0.2) is 70.9 Å². The summed E-state index contributed by atoms with van der Waals surface area (Å²) in [7, 11) is 0. The number of fused-ring (bicyclic) bond motifs is 45. The molecule has 5 saturated heterocycles. The predicted molar refractivity (Wildman–Crippen MR) is 497 cm³/mol. The first-order valence-electron chi connectivity index (χ1n) is 55.8. The smallest absolute Gasteiger partial charge is 0.306 e. The zero-order valence-corrected chi connectivity index (χ0v) is 81.1. The fraction of sp³-hybridized carbons (Fsp3) is 0.814. The topological polar surface area (TPSA) is 217 Å². The molecule has 5 spiro atoms. The van der Waals surface area contributed by atoms with E-state index in [0.29, 0.717) is 156 Å². The van der Waals surface area contributed by atoms with Crippen molar-refractivity contribution in [2.45, 2.75) is 359 Å². The Balaban J connectivity index is 0.0000000849. The second kappa shape index (κ2) is 29.4. The van der Waals surface area contributed by atoms with E-state index in [4.69, 9.17) is 23.7 Å². The van der Waals surface area contributed by atoms with Gasteiger partial charge in [0.05, 0.1) is 0 Å². The lowest BCUT2D eigenvalue weighted by Crippen LogP contribution is -2.57. The van der Waals surface area contributed by atoms with Crippen molar-refractivity contribution in [1.82, 2.24) is 0 Å². The molecule has 26 fully saturated rings. The van der Waals surface area contributed by atoms with Gasteiger partial charge in [-0.2, -0.15) is 0 Å². The van der Waals surface area contributed by atoms with Gasteiger partial charge < -0.3 is 23.7 Å². The third kappa shape index (κ3) is 11.7. The average Bonchev–Trinajstić information content (AvgIpc) is 1.51. The van der Waals surface area contributed by atoms with Crippen LogP contribution in [0.2, 0.25) is 0 Å². The molecule has 26 aliphatic carbocycles. The third-order valence-electron chi connectivity index (χ3n) is 49.8. The van der Waals surface area contributed by atoms with Gasteiger partial charge in [0.2, 0.25) is 0 Å². The SMILES string of the molecule is C=CC1CC2=CC(=O)CC[C@@H]2C2CC[C@@]3(C)C(C4CC4[C@@]34CCC(=O)O4)C12.CC1CC2=CC(=O)CC[C@@H]2C2CC[C@@]3(C)C(C4CC4[C@@]34CCC(=O)O4)C12.CCC1CC2=CC(=O)CC[C@@H]2C2CC[C@@]3(C)C(C4CC4[C@@]34CCC(=O)O4)C12.C[C@]12CCC3C(C(C4CC4)CC4=CC(=O)CC[C@@H]43)C1C1CC1[C@@]21CCC(=O)O1.C[C@]12CCC3C(CCC4=CC(=O)CC[C@@H]43)C1C1CC1[C@@]21CCC(=O)O1. The number of hydrogen-bond acceptors (Lipinski definition) is 15. The van der Waals surface area contributed by atoms with Gasteiger partial charge in [-0.1, -0.05) is 88.8 Å². The highest BCUT2D eigenvalue weighted by Crippen LogP contribution is 2.86. The summed E-state index contributed by atoms with van der Waals surface area (Å²) in [6, 6.07) is 0. The Morgan fingerprint density at radius 1 is 0.293 bits per heavy atom. The second-order valence-electron chi connectivity index (χ2n) is 53.6. The van der Waals surface area contributed by atoms with Gasteiger partial charge in [0.1, 0.15) is 28.0 Å². The van der Waals surface area contributed by atoms with Gasteiger partial charge >= 0.3 is 29.8 Å². The summed E-state index contributed by atoms with van der Waals surface area (Å²) in [6.07, 6.45) is 59.1. The lowest BCUT2D eigenvalue weighted by atomic mass is 9.46. The van der Waals surface area contributed by atoms with E-state index in [1.54, 1.807) is 0 Å². The zero-order chi connectivity index (χ0) is 90.8. The molecular weight excluding hydrogens is 1660 g/mol. The Bertz CT molecular complexity index is 5260. The largest absolute Gasteiger partial charge is 0.458 e. The van der Waals surface area contributed by atoms with Crippen molar-refractivity contribution in [3.05, 3.63) is 70.9 Å². The monoisotopic (exact) mass is 1810 g/mol. The first kappa shape index (κ1) is 86.3. The van der Waals surface area contributed by atoms with E-state index in [9.17, 15) is 47.9 Å². The normalized spacial score (nSPS) is 55.9. The van der Waals surface area contributed by atoms with E-state index in [-0.39, 0.29) is 84.9 Å². The molecule has 5 aliphatic heterocycles. The van der Waals surface area contributed by atoms with Crippen molar-refractivity contribution in [3.63, 3.8) is 0 Å². The molecule has 31 aliphatic rings.